The van der Waals surface area contributed by atoms with Crippen molar-refractivity contribution in [2.45, 2.75) is 82.1 Å². The van der Waals surface area contributed by atoms with E-state index in [2.05, 4.69) is 37.2 Å². The number of rotatable bonds is 11. The molecule has 0 saturated carbocycles. The van der Waals surface area contributed by atoms with Crippen LogP contribution >= 0.6 is 11.6 Å². The number of piperidine rings is 1. The second-order valence-electron chi connectivity index (χ2n) is 18.1. The fraction of sp³-hybridized carbons (Fsp3) is 0.392. The molecule has 0 radical (unpaired) electrons. The van der Waals surface area contributed by atoms with E-state index in [0.29, 0.717) is 60.9 Å². The van der Waals surface area contributed by atoms with Gasteiger partial charge >= 0.3 is 0 Å². The highest BCUT2D eigenvalue weighted by Gasteiger charge is 2.45. The summed E-state index contributed by atoms with van der Waals surface area (Å²) >= 11 is 6.24. The van der Waals surface area contributed by atoms with Crippen LogP contribution in [0.3, 0.4) is 0 Å². The van der Waals surface area contributed by atoms with Crippen molar-refractivity contribution >= 4 is 35.2 Å². The summed E-state index contributed by atoms with van der Waals surface area (Å²) < 4.78 is 8.55. The molecule has 3 aliphatic rings. The van der Waals surface area contributed by atoms with E-state index in [1.807, 2.05) is 105 Å². The van der Waals surface area contributed by atoms with Gasteiger partial charge in [0.05, 0.1) is 43.0 Å². The molecular weight excluding hydrogens is 842 g/mol. The topological polar surface area (TPSA) is 149 Å². The number of ether oxygens (including phenoxy) is 1. The number of imidazole rings is 1. The summed E-state index contributed by atoms with van der Waals surface area (Å²) in [6, 6.07) is 28.1. The minimum absolute atomic E-state index is 0.0303. The second-order valence-corrected chi connectivity index (χ2v) is 18.6. The summed E-state index contributed by atoms with van der Waals surface area (Å²) in [5.74, 6) is -0.685. The zero-order valence-corrected chi connectivity index (χ0v) is 38.3. The van der Waals surface area contributed by atoms with Gasteiger partial charge in [0.1, 0.15) is 29.4 Å². The van der Waals surface area contributed by atoms with Gasteiger partial charge in [0.2, 0.25) is 23.6 Å². The predicted molar refractivity (Wildman–Crippen MR) is 249 cm³/mol. The number of aliphatic hydroxyl groups is 1. The van der Waals surface area contributed by atoms with E-state index in [1.54, 1.807) is 19.1 Å². The normalized spacial score (nSPS) is 22.9. The van der Waals surface area contributed by atoms with E-state index in [1.165, 1.54) is 4.90 Å². The Balaban J connectivity index is 1.12. The van der Waals surface area contributed by atoms with Gasteiger partial charge in [-0.3, -0.25) is 19.2 Å². The molecule has 4 amide bonds. The van der Waals surface area contributed by atoms with Crippen molar-refractivity contribution in [1.82, 2.24) is 34.9 Å². The zero-order valence-electron chi connectivity index (χ0n) is 37.5. The van der Waals surface area contributed by atoms with E-state index >= 15 is 9.59 Å². The van der Waals surface area contributed by atoms with Gasteiger partial charge in [-0.1, -0.05) is 66.2 Å². The fourth-order valence-electron chi connectivity index (χ4n) is 9.85. The van der Waals surface area contributed by atoms with Crippen molar-refractivity contribution in [3.63, 3.8) is 0 Å². The number of amides is 4. The van der Waals surface area contributed by atoms with Gasteiger partial charge in [0.25, 0.3) is 0 Å². The van der Waals surface area contributed by atoms with Crippen LogP contribution in [0.5, 0.6) is 11.5 Å². The van der Waals surface area contributed by atoms with E-state index in [-0.39, 0.29) is 37.2 Å². The lowest BCUT2D eigenvalue weighted by Gasteiger charge is -2.46. The van der Waals surface area contributed by atoms with Crippen LogP contribution in [-0.4, -0.2) is 104 Å². The van der Waals surface area contributed by atoms with Crippen LogP contribution in [0.15, 0.2) is 103 Å². The number of halogens is 1. The highest BCUT2D eigenvalue weighted by Crippen LogP contribution is 2.42. The number of aromatic nitrogens is 2. The van der Waals surface area contributed by atoms with Crippen LogP contribution in [0.2, 0.25) is 5.02 Å². The maximum atomic E-state index is 15.2. The molecule has 5 atom stereocenters. The van der Waals surface area contributed by atoms with Crippen LogP contribution in [0.25, 0.3) is 11.3 Å². The van der Waals surface area contributed by atoms with Gasteiger partial charge < -0.3 is 39.7 Å². The largest absolute Gasteiger partial charge is 0.457 e. The molecule has 1 aliphatic carbocycles. The van der Waals surface area contributed by atoms with Crippen LogP contribution < -0.4 is 15.4 Å². The number of carbonyl (C=O) groups excluding carboxylic acids is 4. The smallest absolute Gasteiger partial charge is 0.245 e. The molecule has 2 aliphatic heterocycles. The number of hydrogen-bond acceptors (Lipinski definition) is 8. The molecule has 0 spiro atoms. The monoisotopic (exact) mass is 899 g/mol. The number of benzene rings is 4. The first kappa shape index (κ1) is 45.5. The first-order valence-electron chi connectivity index (χ1n) is 22.5. The lowest BCUT2D eigenvalue weighted by molar-refractivity contribution is -0.148. The fourth-order valence-corrected chi connectivity index (χ4v) is 9.98. The van der Waals surface area contributed by atoms with Crippen molar-refractivity contribution in [3.05, 3.63) is 136 Å². The quantitative estimate of drug-likeness (QED) is 0.141. The van der Waals surface area contributed by atoms with E-state index in [4.69, 9.17) is 16.3 Å². The van der Waals surface area contributed by atoms with Crippen molar-refractivity contribution < 1.29 is 29.0 Å². The molecule has 3 N–H and O–H groups in total. The average Bonchev–Trinajstić information content (AvgIpc) is 3.89. The zero-order chi connectivity index (χ0) is 45.8. The van der Waals surface area contributed by atoms with Crippen LogP contribution in [0, 0.1) is 5.92 Å². The molecule has 65 heavy (non-hydrogen) atoms. The van der Waals surface area contributed by atoms with Gasteiger partial charge in [0, 0.05) is 42.7 Å². The molecule has 1 aromatic heterocycles. The summed E-state index contributed by atoms with van der Waals surface area (Å²) in [6.07, 6.45) is 4.75. The van der Waals surface area contributed by atoms with Gasteiger partial charge in [-0.2, -0.15) is 0 Å². The molecule has 14 heteroatoms. The number of hydrogen-bond donors (Lipinski definition) is 3. The first-order chi connectivity index (χ1) is 31.3. The van der Waals surface area contributed by atoms with E-state index < -0.39 is 42.0 Å². The number of nitrogens with one attached hydrogen (secondary N) is 2. The van der Waals surface area contributed by atoms with E-state index in [9.17, 15) is 14.7 Å². The Morgan fingerprint density at radius 3 is 2.42 bits per heavy atom. The number of nitrogens with zero attached hydrogens (tertiary/aromatic N) is 5. The molecule has 1 unspecified atom stereocenters. The van der Waals surface area contributed by atoms with Crippen molar-refractivity contribution in [1.29, 1.82) is 0 Å². The number of fused-ring (bicyclic) bond motifs is 3. The Kier molecular flexibility index (Phi) is 13.7. The molecule has 340 valence electrons. The summed E-state index contributed by atoms with van der Waals surface area (Å²) in [4.78, 5) is 68.8. The maximum Gasteiger partial charge on any atom is 0.245 e. The van der Waals surface area contributed by atoms with Crippen LogP contribution in [0.1, 0.15) is 66.6 Å². The molecule has 3 heterocycles. The lowest BCUT2D eigenvalue weighted by atomic mass is 9.80. The highest BCUT2D eigenvalue weighted by molar-refractivity contribution is 6.30. The van der Waals surface area contributed by atoms with Gasteiger partial charge in [-0.15, -0.1) is 0 Å². The molecular formula is C51H58ClN7O6. The Morgan fingerprint density at radius 2 is 1.66 bits per heavy atom. The summed E-state index contributed by atoms with van der Waals surface area (Å²) in [5.41, 5.74) is 4.80. The molecule has 4 aromatic carbocycles. The summed E-state index contributed by atoms with van der Waals surface area (Å²) in [7, 11) is 6.01. The number of para-hydroxylation sites is 1. The van der Waals surface area contributed by atoms with Crippen LogP contribution in [0.4, 0.5) is 0 Å². The molecule has 2 fully saturated rings. The minimum atomic E-state index is -1.31. The van der Waals surface area contributed by atoms with Gasteiger partial charge in [-0.25, -0.2) is 4.98 Å². The predicted octanol–water partition coefficient (Wildman–Crippen LogP) is 6.26. The Bertz CT molecular complexity index is 2530. The molecule has 2 bridgehead atoms. The Labute approximate surface area is 385 Å². The maximum absolute atomic E-state index is 15.2. The second kappa shape index (κ2) is 19.6. The van der Waals surface area contributed by atoms with E-state index in [0.717, 1.165) is 40.2 Å². The summed E-state index contributed by atoms with van der Waals surface area (Å²) in [5, 5.41) is 17.1. The SMILES string of the molecule is C[C@H]1C(=O)N[C@@H](CO)C(=O)NC2(Cc3ccc(Cl)cc3)CCCN(C2)C(=O)[C@@H]([C@@H]2CCc3ccccc32)CC(=O)N1Cc1ccccc1Oc1ccc(-c2cnc(CN(C)C)n2C)cc1. The number of aliphatic hydroxyl groups excluding tert-OH is 1. The van der Waals surface area contributed by atoms with Crippen molar-refractivity contribution in [2.75, 3.05) is 33.8 Å². The third-order valence-electron chi connectivity index (χ3n) is 13.3. The third-order valence-corrected chi connectivity index (χ3v) is 13.6. The van der Waals surface area contributed by atoms with Crippen molar-refractivity contribution in [3.8, 4) is 22.8 Å². The molecule has 5 aromatic rings. The Hall–Kier alpha value is -6.02. The molecule has 8 rings (SSSR count). The standard InChI is InChI=1S/C51H58ClN7O6/c1-33-48(62)54-43(31-60)49(63)55-51(27-34-14-19-38(52)20-15-34)24-9-25-58(32-51)50(64)42(41-23-18-35-10-5-7-12-40(35)41)26-47(61)59(33)29-37-11-6-8-13-45(37)65-39-21-16-36(17-22-39)44-28-53-46(57(44)4)30-56(2)3/h5-8,10-17,19-22,28,33,41-43,60H,9,18,23-27,29-32H2,1-4H3,(H,54,62)(H,55,63)/t33-,41+,42+,43-,51?/m0/s1. The van der Waals surface area contributed by atoms with Crippen LogP contribution in [-0.2, 0) is 52.2 Å². The third kappa shape index (κ3) is 10.1. The summed E-state index contributed by atoms with van der Waals surface area (Å²) in [6.45, 7) is 2.27. The average molecular weight is 901 g/mol. The van der Waals surface area contributed by atoms with Crippen molar-refractivity contribution in [2.24, 2.45) is 13.0 Å². The molecule has 2 saturated heterocycles. The van der Waals surface area contributed by atoms with Gasteiger partial charge in [-0.05, 0) is 118 Å². The number of aryl methyl sites for hydroxylation is 1. The van der Waals surface area contributed by atoms with Gasteiger partial charge in [0.15, 0.2) is 0 Å². The minimum Gasteiger partial charge on any atom is -0.457 e. The Morgan fingerprint density at radius 1 is 0.923 bits per heavy atom. The number of carbonyl (C=O) groups is 4. The highest BCUT2D eigenvalue weighted by atomic mass is 35.5. The first-order valence-corrected chi connectivity index (χ1v) is 22.8. The molecule has 13 nitrogen and oxygen atoms in total. The lowest BCUT2D eigenvalue weighted by Crippen LogP contribution is -2.65.